The van der Waals surface area contributed by atoms with Crippen LogP contribution in [0.1, 0.15) is 77.6 Å². The topological polar surface area (TPSA) is 29.3 Å². The van der Waals surface area contributed by atoms with Gasteiger partial charge in [-0.2, -0.15) is 0 Å². The number of hydrogen-bond acceptors (Lipinski definition) is 2. The monoisotopic (exact) mass is 252 g/mol. The van der Waals surface area contributed by atoms with Crippen molar-refractivity contribution in [3.63, 3.8) is 0 Å². The molecule has 0 aliphatic heterocycles. The Hall–Kier alpha value is -0.0800. The van der Waals surface area contributed by atoms with Gasteiger partial charge in [0, 0.05) is 18.1 Å². The maximum Gasteiger partial charge on any atom is 0.0334 e. The summed E-state index contributed by atoms with van der Waals surface area (Å²) in [6.07, 6.45) is 15.3. The minimum atomic E-state index is 0.358. The molecule has 0 unspecified atom stereocenters. The van der Waals surface area contributed by atoms with Crippen molar-refractivity contribution in [2.75, 3.05) is 13.1 Å². The average molecular weight is 252 g/mol. The highest BCUT2D eigenvalue weighted by molar-refractivity contribution is 4.99. The average Bonchev–Trinajstić information content (AvgIpc) is 3.16. The molecule has 2 N–H and O–H groups in total. The molecule has 2 heteroatoms. The van der Waals surface area contributed by atoms with Crippen molar-refractivity contribution in [2.24, 2.45) is 5.73 Å². The molecule has 0 aromatic carbocycles. The minimum Gasteiger partial charge on any atom is -0.329 e. The van der Waals surface area contributed by atoms with Crippen LogP contribution in [0.3, 0.4) is 0 Å². The smallest absolute Gasteiger partial charge is 0.0334 e. The van der Waals surface area contributed by atoms with E-state index in [0.717, 1.165) is 12.6 Å². The van der Waals surface area contributed by atoms with Gasteiger partial charge in [-0.05, 0) is 38.6 Å². The molecule has 0 aromatic rings. The van der Waals surface area contributed by atoms with Crippen molar-refractivity contribution in [2.45, 2.75) is 89.1 Å². The van der Waals surface area contributed by atoms with E-state index >= 15 is 0 Å². The number of unbranched alkanes of at least 4 members (excludes halogenated alkanes) is 1. The zero-order chi connectivity index (χ0) is 12.8. The van der Waals surface area contributed by atoms with Crippen LogP contribution in [0.2, 0.25) is 0 Å². The molecule has 0 spiro atoms. The Morgan fingerprint density at radius 3 is 2.17 bits per heavy atom. The second kappa shape index (κ2) is 6.91. The fraction of sp³-hybridized carbons (Fsp3) is 1.00. The van der Waals surface area contributed by atoms with Crippen molar-refractivity contribution >= 4 is 0 Å². The minimum absolute atomic E-state index is 0.358. The van der Waals surface area contributed by atoms with Crippen LogP contribution in [-0.4, -0.2) is 29.6 Å². The number of nitrogens with zero attached hydrogens (tertiary/aromatic N) is 1. The molecule has 2 nitrogen and oxygen atoms in total. The van der Waals surface area contributed by atoms with Crippen molar-refractivity contribution in [1.29, 1.82) is 0 Å². The van der Waals surface area contributed by atoms with Crippen LogP contribution < -0.4 is 5.73 Å². The van der Waals surface area contributed by atoms with Gasteiger partial charge < -0.3 is 5.73 Å². The largest absolute Gasteiger partial charge is 0.329 e. The molecule has 0 atom stereocenters. The summed E-state index contributed by atoms with van der Waals surface area (Å²) in [4.78, 5) is 2.84. The lowest BCUT2D eigenvalue weighted by molar-refractivity contribution is 0.0570. The van der Waals surface area contributed by atoms with Gasteiger partial charge in [-0.3, -0.25) is 4.90 Å². The highest BCUT2D eigenvalue weighted by atomic mass is 15.3. The number of rotatable bonds is 6. The van der Waals surface area contributed by atoms with Crippen LogP contribution in [0.5, 0.6) is 0 Å². The SMILES string of the molecule is CCCCN(C1CC1)C1(CN)CCCCCCC1. The molecule has 0 saturated heterocycles. The van der Waals surface area contributed by atoms with Gasteiger partial charge in [-0.15, -0.1) is 0 Å². The molecule has 18 heavy (non-hydrogen) atoms. The molecule has 2 fully saturated rings. The maximum absolute atomic E-state index is 6.26. The highest BCUT2D eigenvalue weighted by Gasteiger charge is 2.42. The molecule has 106 valence electrons. The third-order valence-electron chi connectivity index (χ3n) is 5.01. The van der Waals surface area contributed by atoms with E-state index in [2.05, 4.69) is 11.8 Å². The predicted molar refractivity (Wildman–Crippen MR) is 78.7 cm³/mol. The standard InChI is InChI=1S/C16H32N2/c1-2-3-13-18(15-9-10-15)16(14-17)11-7-5-4-6-8-12-16/h15H,2-14,17H2,1H3. The Morgan fingerprint density at radius 1 is 1.06 bits per heavy atom. The second-order valence-electron chi connectivity index (χ2n) is 6.47. The lowest BCUT2D eigenvalue weighted by Gasteiger charge is -2.45. The van der Waals surface area contributed by atoms with E-state index in [1.165, 1.54) is 77.2 Å². The van der Waals surface area contributed by atoms with Gasteiger partial charge in [0.05, 0.1) is 0 Å². The van der Waals surface area contributed by atoms with Gasteiger partial charge in [0.2, 0.25) is 0 Å². The molecule has 2 saturated carbocycles. The number of hydrogen-bond donors (Lipinski definition) is 1. The molecule has 2 rings (SSSR count). The van der Waals surface area contributed by atoms with Gasteiger partial charge in [0.15, 0.2) is 0 Å². The van der Waals surface area contributed by atoms with Crippen molar-refractivity contribution in [3.05, 3.63) is 0 Å². The summed E-state index contributed by atoms with van der Waals surface area (Å²) in [5, 5.41) is 0. The van der Waals surface area contributed by atoms with Gasteiger partial charge in [0.25, 0.3) is 0 Å². The molecule has 0 bridgehead atoms. The van der Waals surface area contributed by atoms with Crippen LogP contribution in [0.25, 0.3) is 0 Å². The lowest BCUT2D eigenvalue weighted by Crippen LogP contribution is -2.55. The lowest BCUT2D eigenvalue weighted by atomic mass is 9.82. The maximum atomic E-state index is 6.26. The Kier molecular flexibility index (Phi) is 5.50. The molecule has 2 aliphatic rings. The first-order valence-corrected chi connectivity index (χ1v) is 8.29. The highest BCUT2D eigenvalue weighted by Crippen LogP contribution is 2.39. The molecular formula is C16H32N2. The van der Waals surface area contributed by atoms with Crippen molar-refractivity contribution in [1.82, 2.24) is 4.90 Å². The molecule has 0 radical (unpaired) electrons. The fourth-order valence-corrected chi connectivity index (χ4v) is 3.69. The summed E-state index contributed by atoms with van der Waals surface area (Å²) >= 11 is 0. The quantitative estimate of drug-likeness (QED) is 0.781. The summed E-state index contributed by atoms with van der Waals surface area (Å²) < 4.78 is 0. The third-order valence-corrected chi connectivity index (χ3v) is 5.01. The molecular weight excluding hydrogens is 220 g/mol. The van der Waals surface area contributed by atoms with Crippen LogP contribution in [0.4, 0.5) is 0 Å². The van der Waals surface area contributed by atoms with Crippen LogP contribution in [0, 0.1) is 0 Å². The second-order valence-corrected chi connectivity index (χ2v) is 6.47. The van der Waals surface area contributed by atoms with Gasteiger partial charge >= 0.3 is 0 Å². The van der Waals surface area contributed by atoms with Gasteiger partial charge in [-0.1, -0.05) is 45.4 Å². The van der Waals surface area contributed by atoms with E-state index in [0.29, 0.717) is 5.54 Å². The zero-order valence-corrected chi connectivity index (χ0v) is 12.3. The predicted octanol–water partition coefficient (Wildman–Crippen LogP) is 3.69. The molecule has 0 heterocycles. The van der Waals surface area contributed by atoms with E-state index < -0.39 is 0 Å². The summed E-state index contributed by atoms with van der Waals surface area (Å²) in [5.74, 6) is 0. The Balaban J connectivity index is 2.04. The first kappa shape index (κ1) is 14.3. The molecule has 0 amide bonds. The van der Waals surface area contributed by atoms with Crippen LogP contribution >= 0.6 is 0 Å². The zero-order valence-electron chi connectivity index (χ0n) is 12.3. The van der Waals surface area contributed by atoms with E-state index in [9.17, 15) is 0 Å². The van der Waals surface area contributed by atoms with Crippen molar-refractivity contribution in [3.8, 4) is 0 Å². The summed E-state index contributed by atoms with van der Waals surface area (Å²) in [5.41, 5.74) is 6.61. The van der Waals surface area contributed by atoms with E-state index in [-0.39, 0.29) is 0 Å². The van der Waals surface area contributed by atoms with E-state index in [1.807, 2.05) is 0 Å². The van der Waals surface area contributed by atoms with Crippen molar-refractivity contribution < 1.29 is 0 Å². The Bertz CT molecular complexity index is 227. The van der Waals surface area contributed by atoms with Gasteiger partial charge in [-0.25, -0.2) is 0 Å². The summed E-state index contributed by atoms with van der Waals surface area (Å²) in [6.45, 7) is 4.48. The Morgan fingerprint density at radius 2 is 1.67 bits per heavy atom. The summed E-state index contributed by atoms with van der Waals surface area (Å²) in [7, 11) is 0. The molecule has 2 aliphatic carbocycles. The van der Waals surface area contributed by atoms with Gasteiger partial charge in [0.1, 0.15) is 0 Å². The summed E-state index contributed by atoms with van der Waals surface area (Å²) in [6, 6.07) is 0.875. The van der Waals surface area contributed by atoms with E-state index in [4.69, 9.17) is 5.73 Å². The Labute approximate surface area is 113 Å². The van der Waals surface area contributed by atoms with Crippen LogP contribution in [-0.2, 0) is 0 Å². The van der Waals surface area contributed by atoms with Crippen LogP contribution in [0.15, 0.2) is 0 Å². The first-order valence-electron chi connectivity index (χ1n) is 8.29. The normalized spacial score (nSPS) is 24.8. The number of nitrogens with two attached hydrogens (primary N) is 1. The third kappa shape index (κ3) is 3.48. The van der Waals surface area contributed by atoms with E-state index in [1.54, 1.807) is 0 Å². The first-order chi connectivity index (χ1) is 8.82. The fourth-order valence-electron chi connectivity index (χ4n) is 3.69. The molecule has 0 aromatic heterocycles.